The fourth-order valence-corrected chi connectivity index (χ4v) is 5.14. The van der Waals surface area contributed by atoms with Crippen molar-refractivity contribution in [2.75, 3.05) is 14.2 Å². The van der Waals surface area contributed by atoms with Gasteiger partial charge < -0.3 is 19.3 Å². The lowest BCUT2D eigenvalue weighted by molar-refractivity contribution is -0.137. The predicted octanol–water partition coefficient (Wildman–Crippen LogP) is 6.16. The first-order valence-electron chi connectivity index (χ1n) is 11.9. The van der Waals surface area contributed by atoms with Gasteiger partial charge in [-0.1, -0.05) is 36.4 Å². The van der Waals surface area contributed by atoms with Crippen LogP contribution < -0.4 is 9.47 Å². The van der Waals surface area contributed by atoms with E-state index in [9.17, 15) is 14.3 Å². The molecule has 182 valence electrons. The Bertz CT molecular complexity index is 1220. The molecule has 0 saturated heterocycles. The Labute approximate surface area is 204 Å². The second-order valence-corrected chi connectivity index (χ2v) is 9.41. The first kappa shape index (κ1) is 23.4. The third-order valence-electron chi connectivity index (χ3n) is 7.17. The number of hydrogen-bond donors (Lipinski definition) is 1. The Balaban J connectivity index is 1.42. The van der Waals surface area contributed by atoms with Crippen molar-refractivity contribution in [3.05, 3.63) is 83.2 Å². The summed E-state index contributed by atoms with van der Waals surface area (Å²) >= 11 is 0. The van der Waals surface area contributed by atoms with Crippen LogP contribution in [0.1, 0.15) is 47.8 Å². The minimum absolute atomic E-state index is 0.0356. The Morgan fingerprint density at radius 2 is 1.86 bits per heavy atom. The van der Waals surface area contributed by atoms with Crippen LogP contribution in [0.4, 0.5) is 4.39 Å². The molecule has 35 heavy (non-hydrogen) atoms. The lowest BCUT2D eigenvalue weighted by atomic mass is 9.84. The highest BCUT2D eigenvalue weighted by Crippen LogP contribution is 2.46. The van der Waals surface area contributed by atoms with Crippen LogP contribution >= 0.6 is 0 Å². The quantitative estimate of drug-likeness (QED) is 0.422. The summed E-state index contributed by atoms with van der Waals surface area (Å²) in [6, 6.07) is 18.5. The van der Waals surface area contributed by atoms with E-state index < -0.39 is 12.3 Å². The Morgan fingerprint density at radius 3 is 2.51 bits per heavy atom. The third-order valence-corrected chi connectivity index (χ3v) is 7.17. The molecule has 0 radical (unpaired) electrons. The number of carboxylic acids is 1. The number of aliphatic carboxylic acids is 1. The number of benzene rings is 3. The molecule has 1 fully saturated rings. The van der Waals surface area contributed by atoms with Crippen molar-refractivity contribution in [3.63, 3.8) is 0 Å². The van der Waals surface area contributed by atoms with Gasteiger partial charge in [0.15, 0.2) is 0 Å². The number of methoxy groups -OCH3 is 2. The SMILES string of the molecule is COc1ccc(F)c(-c2ccc(C3Cc4cc(C(CC(=O)O)C5CC5)ccc4OC3OC)cc2)c1. The molecular weight excluding hydrogens is 447 g/mol. The summed E-state index contributed by atoms with van der Waals surface area (Å²) in [5.41, 5.74) is 4.40. The summed E-state index contributed by atoms with van der Waals surface area (Å²) < 4.78 is 31.6. The third kappa shape index (κ3) is 4.89. The molecule has 6 heteroatoms. The van der Waals surface area contributed by atoms with Gasteiger partial charge in [-0.3, -0.25) is 4.79 Å². The van der Waals surface area contributed by atoms with Crippen molar-refractivity contribution in [1.82, 2.24) is 0 Å². The van der Waals surface area contributed by atoms with E-state index in [-0.39, 0.29) is 24.1 Å². The van der Waals surface area contributed by atoms with E-state index in [0.717, 1.165) is 40.8 Å². The van der Waals surface area contributed by atoms with Crippen LogP contribution in [0, 0.1) is 11.7 Å². The lowest BCUT2D eigenvalue weighted by Crippen LogP contribution is -2.33. The highest BCUT2D eigenvalue weighted by Gasteiger charge is 2.36. The molecule has 3 aromatic carbocycles. The largest absolute Gasteiger partial charge is 0.497 e. The van der Waals surface area contributed by atoms with E-state index in [1.54, 1.807) is 26.4 Å². The van der Waals surface area contributed by atoms with E-state index in [1.165, 1.54) is 6.07 Å². The minimum atomic E-state index is -0.763. The van der Waals surface area contributed by atoms with Crippen molar-refractivity contribution in [3.8, 4) is 22.6 Å². The van der Waals surface area contributed by atoms with Crippen LogP contribution in [0.25, 0.3) is 11.1 Å². The molecule has 1 saturated carbocycles. The van der Waals surface area contributed by atoms with E-state index >= 15 is 0 Å². The summed E-state index contributed by atoms with van der Waals surface area (Å²) in [6.07, 6.45) is 2.57. The van der Waals surface area contributed by atoms with E-state index in [1.807, 2.05) is 36.4 Å². The summed E-state index contributed by atoms with van der Waals surface area (Å²) in [7, 11) is 3.19. The fourth-order valence-electron chi connectivity index (χ4n) is 5.14. The Kier molecular flexibility index (Phi) is 6.48. The summed E-state index contributed by atoms with van der Waals surface area (Å²) in [5.74, 6) is 0.741. The van der Waals surface area contributed by atoms with Crippen molar-refractivity contribution in [2.24, 2.45) is 5.92 Å². The molecule has 3 aromatic rings. The molecule has 2 aliphatic rings. The second-order valence-electron chi connectivity index (χ2n) is 9.41. The van der Waals surface area contributed by atoms with Crippen LogP contribution in [-0.2, 0) is 16.0 Å². The second kappa shape index (κ2) is 9.70. The van der Waals surface area contributed by atoms with Crippen LogP contribution in [0.5, 0.6) is 11.5 Å². The Morgan fingerprint density at radius 1 is 1.09 bits per heavy atom. The van der Waals surface area contributed by atoms with Crippen molar-refractivity contribution >= 4 is 5.97 Å². The van der Waals surface area contributed by atoms with E-state index in [2.05, 4.69) is 6.07 Å². The highest BCUT2D eigenvalue weighted by molar-refractivity contribution is 5.68. The topological polar surface area (TPSA) is 65.0 Å². The monoisotopic (exact) mass is 476 g/mol. The molecule has 1 aliphatic carbocycles. The van der Waals surface area contributed by atoms with Crippen LogP contribution in [-0.4, -0.2) is 31.6 Å². The number of carbonyl (C=O) groups is 1. The molecule has 3 unspecified atom stereocenters. The van der Waals surface area contributed by atoms with Gasteiger partial charge in [0, 0.05) is 12.7 Å². The van der Waals surface area contributed by atoms with Crippen molar-refractivity contribution in [2.45, 2.75) is 43.8 Å². The molecule has 1 heterocycles. The predicted molar refractivity (Wildman–Crippen MR) is 130 cm³/mol. The summed E-state index contributed by atoms with van der Waals surface area (Å²) in [5, 5.41) is 9.40. The first-order chi connectivity index (χ1) is 17.0. The maximum Gasteiger partial charge on any atom is 0.303 e. The first-order valence-corrected chi connectivity index (χ1v) is 11.9. The van der Waals surface area contributed by atoms with Crippen LogP contribution in [0.2, 0.25) is 0 Å². The van der Waals surface area contributed by atoms with Gasteiger partial charge in [-0.2, -0.15) is 0 Å². The molecular formula is C29H29FO5. The number of rotatable bonds is 8. The van der Waals surface area contributed by atoms with Gasteiger partial charge in [0.25, 0.3) is 0 Å². The maximum atomic E-state index is 14.4. The van der Waals surface area contributed by atoms with Gasteiger partial charge in [-0.25, -0.2) is 4.39 Å². The zero-order valence-corrected chi connectivity index (χ0v) is 19.9. The molecule has 1 aliphatic heterocycles. The van der Waals surface area contributed by atoms with Gasteiger partial charge in [0.1, 0.15) is 17.3 Å². The maximum absolute atomic E-state index is 14.4. The van der Waals surface area contributed by atoms with Gasteiger partial charge in [-0.15, -0.1) is 0 Å². The zero-order valence-electron chi connectivity index (χ0n) is 19.9. The molecule has 1 N–H and O–H groups in total. The highest BCUT2D eigenvalue weighted by atomic mass is 19.1. The number of ether oxygens (including phenoxy) is 3. The number of fused-ring (bicyclic) bond motifs is 1. The molecule has 0 bridgehead atoms. The van der Waals surface area contributed by atoms with Gasteiger partial charge >= 0.3 is 5.97 Å². The normalized spacial score (nSPS) is 20.0. The van der Waals surface area contributed by atoms with E-state index in [0.29, 0.717) is 23.7 Å². The standard InChI is InChI=1S/C29H29FO5/c1-33-22-10-11-26(30)24(15-22)18-5-7-19(8-6-18)25-14-21-13-20(9-12-27(21)35-29(25)34-2)23(16-28(31)32)17-3-4-17/h5-13,15,17,23,25,29H,3-4,14,16H2,1-2H3,(H,31,32). The van der Waals surface area contributed by atoms with E-state index in [4.69, 9.17) is 14.2 Å². The van der Waals surface area contributed by atoms with Gasteiger partial charge in [0.2, 0.25) is 6.29 Å². The summed E-state index contributed by atoms with van der Waals surface area (Å²) in [6.45, 7) is 0. The molecule has 5 nitrogen and oxygen atoms in total. The molecule has 5 rings (SSSR count). The van der Waals surface area contributed by atoms with Gasteiger partial charge in [-0.05, 0) is 77.6 Å². The molecule has 0 spiro atoms. The summed E-state index contributed by atoms with van der Waals surface area (Å²) in [4.78, 5) is 11.4. The van der Waals surface area contributed by atoms with Gasteiger partial charge in [0.05, 0.1) is 19.4 Å². The smallest absolute Gasteiger partial charge is 0.303 e. The number of carboxylic acid groups (broad SMARTS) is 1. The molecule has 3 atom stereocenters. The van der Waals surface area contributed by atoms with Crippen molar-refractivity contribution in [1.29, 1.82) is 0 Å². The van der Waals surface area contributed by atoms with Crippen molar-refractivity contribution < 1.29 is 28.5 Å². The number of halogens is 1. The Hall–Kier alpha value is -3.38. The minimum Gasteiger partial charge on any atom is -0.497 e. The zero-order chi connectivity index (χ0) is 24.5. The van der Waals surface area contributed by atoms with Crippen LogP contribution in [0.15, 0.2) is 60.7 Å². The molecule has 0 aromatic heterocycles. The molecule has 0 amide bonds. The number of hydrogen-bond acceptors (Lipinski definition) is 4. The fraction of sp³-hybridized carbons (Fsp3) is 0.345. The van der Waals surface area contributed by atoms with Crippen LogP contribution in [0.3, 0.4) is 0 Å². The lowest BCUT2D eigenvalue weighted by Gasteiger charge is -2.33. The average molecular weight is 477 g/mol. The average Bonchev–Trinajstić information content (AvgIpc) is 3.72.